The summed E-state index contributed by atoms with van der Waals surface area (Å²) in [7, 11) is 0. The van der Waals surface area contributed by atoms with Crippen molar-refractivity contribution in [2.24, 2.45) is 5.73 Å². The number of primary amides is 1. The predicted octanol–water partition coefficient (Wildman–Crippen LogP) is 1.02. The van der Waals surface area contributed by atoms with Gasteiger partial charge in [-0.3, -0.25) is 10.2 Å². The Balaban J connectivity index is 3.95. The second-order valence-corrected chi connectivity index (χ2v) is 2.43. The number of nitrogens with one attached hydrogen (secondary N) is 1. The molecule has 0 unspecified atom stereocenters. The Kier molecular flexibility index (Phi) is 3.72. The minimum Gasteiger partial charge on any atom is -0.366 e. The smallest absolute Gasteiger partial charge is 0.241 e. The Hall–Kier alpha value is -0.830. The molecule has 0 aromatic rings. The molecule has 3 N–H and O–H groups in total. The molecule has 0 radical (unpaired) electrons. The predicted molar refractivity (Wildman–Crippen MR) is 41.1 cm³/mol. The lowest BCUT2D eigenvalue weighted by molar-refractivity contribution is -0.113. The van der Waals surface area contributed by atoms with Crippen molar-refractivity contribution in [3.63, 3.8) is 0 Å². The lowest BCUT2D eigenvalue weighted by Crippen LogP contribution is -2.07. The topological polar surface area (TPSA) is 66.9 Å². The van der Waals surface area contributed by atoms with Crippen LogP contribution in [0.4, 0.5) is 0 Å². The number of carbonyl (C=O) groups is 1. The second kappa shape index (κ2) is 4.06. The third kappa shape index (κ3) is 5.31. The molecule has 0 aromatic carbocycles. The highest BCUT2D eigenvalue weighted by Gasteiger charge is 1.94. The van der Waals surface area contributed by atoms with Crippen molar-refractivity contribution in [3.05, 3.63) is 11.6 Å². The summed E-state index contributed by atoms with van der Waals surface area (Å²) < 4.78 is 0. The maximum Gasteiger partial charge on any atom is 0.241 e. The highest BCUT2D eigenvalue weighted by atomic mass is 35.5. The monoisotopic (exact) mass is 160 g/mol. The molecular formula is C6H9ClN2O. The SMILES string of the molecule is C/C(=C\C(N)=O)CC(=N)Cl. The van der Waals surface area contributed by atoms with Crippen molar-refractivity contribution >= 4 is 22.7 Å². The van der Waals surface area contributed by atoms with Gasteiger partial charge >= 0.3 is 0 Å². The molecule has 0 aliphatic rings. The first kappa shape index (κ1) is 9.17. The molecule has 1 amide bonds. The molecule has 0 saturated carbocycles. The summed E-state index contributed by atoms with van der Waals surface area (Å²) in [6.07, 6.45) is 1.56. The van der Waals surface area contributed by atoms with Crippen molar-refractivity contribution in [1.29, 1.82) is 5.41 Å². The van der Waals surface area contributed by atoms with Crippen molar-refractivity contribution in [2.45, 2.75) is 13.3 Å². The summed E-state index contributed by atoms with van der Waals surface area (Å²) in [5.41, 5.74) is 5.54. The van der Waals surface area contributed by atoms with Crippen molar-refractivity contribution in [2.75, 3.05) is 0 Å². The van der Waals surface area contributed by atoms with Gasteiger partial charge in [-0.25, -0.2) is 0 Å². The van der Waals surface area contributed by atoms with Gasteiger partial charge in [0.15, 0.2) is 0 Å². The van der Waals surface area contributed by atoms with Crippen LogP contribution in [-0.2, 0) is 4.79 Å². The van der Waals surface area contributed by atoms with Gasteiger partial charge in [0.25, 0.3) is 0 Å². The Morgan fingerprint density at radius 3 is 2.60 bits per heavy atom. The van der Waals surface area contributed by atoms with E-state index in [2.05, 4.69) is 0 Å². The molecule has 0 bridgehead atoms. The molecule has 0 aliphatic carbocycles. The third-order valence-corrected chi connectivity index (χ3v) is 0.956. The van der Waals surface area contributed by atoms with Crippen LogP contribution in [0.25, 0.3) is 0 Å². The Morgan fingerprint density at radius 2 is 2.30 bits per heavy atom. The van der Waals surface area contributed by atoms with E-state index in [1.807, 2.05) is 0 Å². The van der Waals surface area contributed by atoms with E-state index in [0.717, 1.165) is 0 Å². The molecule has 0 aromatic heterocycles. The molecule has 0 spiro atoms. The molecule has 10 heavy (non-hydrogen) atoms. The van der Waals surface area contributed by atoms with E-state index in [-0.39, 0.29) is 5.17 Å². The molecule has 0 saturated heterocycles. The summed E-state index contributed by atoms with van der Waals surface area (Å²) in [6.45, 7) is 1.70. The lowest BCUT2D eigenvalue weighted by Gasteiger charge is -1.93. The second-order valence-electron chi connectivity index (χ2n) is 1.97. The van der Waals surface area contributed by atoms with Crippen LogP contribution in [0.3, 0.4) is 0 Å². The van der Waals surface area contributed by atoms with Gasteiger partial charge in [0.05, 0.1) is 0 Å². The van der Waals surface area contributed by atoms with Crippen LogP contribution in [0, 0.1) is 5.41 Å². The molecule has 0 aliphatic heterocycles. The van der Waals surface area contributed by atoms with Crippen molar-refractivity contribution in [1.82, 2.24) is 0 Å². The molecule has 3 nitrogen and oxygen atoms in total. The average Bonchev–Trinajstić information content (AvgIpc) is 1.58. The summed E-state index contributed by atoms with van der Waals surface area (Å²) in [5, 5.41) is 6.85. The first-order valence-corrected chi connectivity index (χ1v) is 3.09. The van der Waals surface area contributed by atoms with E-state index in [9.17, 15) is 4.79 Å². The molecule has 0 rings (SSSR count). The summed E-state index contributed by atoms with van der Waals surface area (Å²) in [5.74, 6) is -0.504. The van der Waals surface area contributed by atoms with Crippen LogP contribution in [0.5, 0.6) is 0 Å². The molecule has 0 atom stereocenters. The lowest BCUT2D eigenvalue weighted by atomic mass is 10.2. The van der Waals surface area contributed by atoms with Crippen molar-refractivity contribution < 1.29 is 4.79 Å². The molecule has 0 heterocycles. The minimum absolute atomic E-state index is 0.00926. The Bertz CT molecular complexity index is 186. The van der Waals surface area contributed by atoms with Crippen LogP contribution in [0.1, 0.15) is 13.3 Å². The molecular weight excluding hydrogens is 152 g/mol. The zero-order valence-corrected chi connectivity index (χ0v) is 6.40. The standard InChI is InChI=1S/C6H9ClN2O/c1-4(2-5(7)8)3-6(9)10/h3,8H,2H2,1H3,(H2,9,10)/b4-3+,8-5?. The Labute approximate surface area is 64.4 Å². The van der Waals surface area contributed by atoms with Gasteiger partial charge in [-0.1, -0.05) is 17.2 Å². The number of hydrogen-bond donors (Lipinski definition) is 2. The fourth-order valence-electron chi connectivity index (χ4n) is 0.539. The molecule has 0 fully saturated rings. The largest absolute Gasteiger partial charge is 0.366 e. The van der Waals surface area contributed by atoms with Gasteiger partial charge in [-0.05, 0) is 6.92 Å². The molecule has 56 valence electrons. The number of allylic oxidation sites excluding steroid dienone is 1. The number of halogens is 1. The highest BCUT2D eigenvalue weighted by molar-refractivity contribution is 6.64. The van der Waals surface area contributed by atoms with E-state index in [4.69, 9.17) is 22.7 Å². The highest BCUT2D eigenvalue weighted by Crippen LogP contribution is 2.01. The fourth-order valence-corrected chi connectivity index (χ4v) is 0.749. The molecule has 4 heteroatoms. The van der Waals surface area contributed by atoms with E-state index < -0.39 is 5.91 Å². The van der Waals surface area contributed by atoms with E-state index in [0.29, 0.717) is 12.0 Å². The van der Waals surface area contributed by atoms with Gasteiger partial charge in [-0.15, -0.1) is 0 Å². The summed E-state index contributed by atoms with van der Waals surface area (Å²) >= 11 is 5.25. The zero-order valence-electron chi connectivity index (χ0n) is 5.65. The van der Waals surface area contributed by atoms with Gasteiger partial charge in [0, 0.05) is 12.5 Å². The van der Waals surface area contributed by atoms with Gasteiger partial charge in [-0.2, -0.15) is 0 Å². The zero-order chi connectivity index (χ0) is 8.15. The number of amides is 1. The maximum atomic E-state index is 10.2. The number of rotatable bonds is 3. The summed E-state index contributed by atoms with van der Waals surface area (Å²) in [6, 6.07) is 0. The Morgan fingerprint density at radius 1 is 1.80 bits per heavy atom. The average molecular weight is 161 g/mol. The summed E-state index contributed by atoms with van der Waals surface area (Å²) in [4.78, 5) is 10.2. The van der Waals surface area contributed by atoms with Crippen LogP contribution in [0.15, 0.2) is 11.6 Å². The quantitative estimate of drug-likeness (QED) is 0.470. The van der Waals surface area contributed by atoms with E-state index in [1.54, 1.807) is 6.92 Å². The van der Waals surface area contributed by atoms with Gasteiger partial charge in [0.1, 0.15) is 5.17 Å². The number of hydrogen-bond acceptors (Lipinski definition) is 2. The number of nitrogens with two attached hydrogens (primary N) is 1. The van der Waals surface area contributed by atoms with Crippen LogP contribution in [-0.4, -0.2) is 11.1 Å². The van der Waals surface area contributed by atoms with Gasteiger partial charge < -0.3 is 5.73 Å². The van der Waals surface area contributed by atoms with E-state index in [1.165, 1.54) is 6.08 Å². The maximum absolute atomic E-state index is 10.2. The van der Waals surface area contributed by atoms with Crippen LogP contribution >= 0.6 is 11.6 Å². The normalized spacial score (nSPS) is 11.2. The first-order chi connectivity index (χ1) is 4.52. The number of carbonyl (C=O) groups excluding carboxylic acids is 1. The van der Waals surface area contributed by atoms with Crippen LogP contribution in [0.2, 0.25) is 0 Å². The van der Waals surface area contributed by atoms with E-state index >= 15 is 0 Å². The fraction of sp³-hybridized carbons (Fsp3) is 0.333. The van der Waals surface area contributed by atoms with Gasteiger partial charge in [0.2, 0.25) is 5.91 Å². The minimum atomic E-state index is -0.504. The third-order valence-electron chi connectivity index (χ3n) is 0.823. The van der Waals surface area contributed by atoms with Crippen LogP contribution < -0.4 is 5.73 Å². The van der Waals surface area contributed by atoms with Crippen molar-refractivity contribution in [3.8, 4) is 0 Å². The first-order valence-electron chi connectivity index (χ1n) is 2.72.